The van der Waals surface area contributed by atoms with Gasteiger partial charge < -0.3 is 15.7 Å². The second-order valence-corrected chi connectivity index (χ2v) is 0. The minimum absolute atomic E-state index is 0. The Morgan fingerprint density at radius 1 is 0.800 bits per heavy atom. The van der Waals surface area contributed by atoms with Gasteiger partial charge in [-0.3, -0.25) is 0 Å². The molecule has 5 heavy (non-hydrogen) atoms. The molecule has 0 heterocycles. The largest absolute Gasteiger partial charge is 4.00 e. The Kier molecular flexibility index (Phi) is 1870. The van der Waals surface area contributed by atoms with E-state index in [1.54, 1.807) is 0 Å². The molecule has 27 valence electrons. The Morgan fingerprint density at radius 3 is 0.800 bits per heavy atom. The van der Waals surface area contributed by atoms with Crippen LogP contribution in [0.1, 0.15) is 0 Å². The first-order valence-corrected chi connectivity index (χ1v) is 0. The maximum absolute atomic E-state index is 0. The molecule has 0 aromatic heterocycles. The van der Waals surface area contributed by atoms with Gasteiger partial charge in [0.05, 0.1) is 0 Å². The first-order chi connectivity index (χ1) is 0. The van der Waals surface area contributed by atoms with E-state index in [1.165, 1.54) is 0 Å². The predicted molar refractivity (Wildman–Crippen MR) is 1.37 cm³/mol. The third-order valence-electron chi connectivity index (χ3n) is 0. The summed E-state index contributed by atoms with van der Waals surface area (Å²) in [5.74, 6) is 0. The molecule has 0 rings (SSSR count). The number of hydrogen-bond donors (Lipinski definition) is 0. The molecule has 0 amide bonds. The topological polar surface area (TPSA) is 57.0 Å². The quantitative estimate of drug-likeness (QED) is 0.326. The van der Waals surface area contributed by atoms with Crippen LogP contribution in [0.5, 0.6) is 0 Å². The SMILES string of the molecule is [Cr+3].[F-].[O-2].[O-2].[Ti+4]. The first kappa shape index (κ1) is 132. The van der Waals surface area contributed by atoms with E-state index < -0.39 is 0 Å². The van der Waals surface area contributed by atoms with E-state index in [9.17, 15) is 0 Å². The van der Waals surface area contributed by atoms with Crippen molar-refractivity contribution in [3.05, 3.63) is 0 Å². The van der Waals surface area contributed by atoms with Crippen molar-refractivity contribution in [3.8, 4) is 0 Å². The second-order valence-electron chi connectivity index (χ2n) is 0. The van der Waals surface area contributed by atoms with Crippen LogP contribution in [0.3, 0.4) is 0 Å². The Labute approximate surface area is 54.9 Å². The molecule has 0 aromatic rings. The fourth-order valence-electron chi connectivity index (χ4n) is 0. The minimum atomic E-state index is 0. The monoisotopic (exact) mass is 151 g/mol. The van der Waals surface area contributed by atoms with E-state index in [-0.39, 0.29) is 54.7 Å². The Hall–Kier alpha value is 1.10. The molecule has 0 bridgehead atoms. The van der Waals surface area contributed by atoms with Gasteiger partial charge in [-0.25, -0.2) is 0 Å². The van der Waals surface area contributed by atoms with Gasteiger partial charge in [0.1, 0.15) is 0 Å². The van der Waals surface area contributed by atoms with Crippen molar-refractivity contribution >= 4 is 0 Å². The normalized spacial score (nSPS) is 0. The molecule has 0 aromatic carbocycles. The Balaban J connectivity index is 0. The molecule has 0 atom stereocenters. The summed E-state index contributed by atoms with van der Waals surface area (Å²) in [6.07, 6.45) is 0. The van der Waals surface area contributed by atoms with Crippen molar-refractivity contribution in [2.75, 3.05) is 0 Å². The molecular weight excluding hydrogens is 151 g/mol. The molecule has 0 aliphatic carbocycles. The van der Waals surface area contributed by atoms with Crippen LogP contribution < -0.4 is 4.70 Å². The Bertz CT molecular complexity index is 9.61. The maximum atomic E-state index is 0. The molecule has 0 aliphatic heterocycles. The van der Waals surface area contributed by atoms with Crippen molar-refractivity contribution in [3.63, 3.8) is 0 Å². The standard InChI is InChI=1S/Cr.FH.2O.Ti/h;1H;;;/q+3;;2*-2;+4/p-1. The van der Waals surface area contributed by atoms with Gasteiger partial charge in [-0.05, 0) is 0 Å². The third-order valence-corrected chi connectivity index (χ3v) is 0. The van der Waals surface area contributed by atoms with Crippen LogP contribution in [-0.4, -0.2) is 0 Å². The van der Waals surface area contributed by atoms with Crippen molar-refractivity contribution in [1.29, 1.82) is 0 Å². The van der Waals surface area contributed by atoms with Gasteiger partial charge in [0.15, 0.2) is 0 Å². The predicted octanol–water partition coefficient (Wildman–Crippen LogP) is -3.24. The van der Waals surface area contributed by atoms with E-state index >= 15 is 0 Å². The van der Waals surface area contributed by atoms with Crippen molar-refractivity contribution in [2.24, 2.45) is 0 Å². The van der Waals surface area contributed by atoms with Crippen LogP contribution in [0, 0.1) is 0 Å². The van der Waals surface area contributed by atoms with Crippen molar-refractivity contribution in [2.45, 2.75) is 0 Å². The van der Waals surface area contributed by atoms with Crippen molar-refractivity contribution in [1.82, 2.24) is 0 Å². The van der Waals surface area contributed by atoms with Crippen LogP contribution in [0.15, 0.2) is 0 Å². The summed E-state index contributed by atoms with van der Waals surface area (Å²) < 4.78 is 0. The smallest absolute Gasteiger partial charge is 2.00 e. The molecule has 1 radical (unpaired) electrons. The zero-order chi connectivity index (χ0) is 0. The van der Waals surface area contributed by atoms with Gasteiger partial charge in [-0.15, -0.1) is 0 Å². The summed E-state index contributed by atoms with van der Waals surface area (Å²) in [6.45, 7) is 0. The van der Waals surface area contributed by atoms with Gasteiger partial charge in [-0.2, -0.15) is 0 Å². The second kappa shape index (κ2) is 71.1. The molecular formula is CrFO2Ti+2. The average molecular weight is 151 g/mol. The number of hydrogen-bond acceptors (Lipinski definition) is 0. The van der Waals surface area contributed by atoms with E-state index in [2.05, 4.69) is 0 Å². The summed E-state index contributed by atoms with van der Waals surface area (Å²) in [5.41, 5.74) is 0. The summed E-state index contributed by atoms with van der Waals surface area (Å²) in [7, 11) is 0. The minimum Gasteiger partial charge on any atom is -2.00 e. The van der Waals surface area contributed by atoms with Crippen LogP contribution in [0.25, 0.3) is 0 Å². The van der Waals surface area contributed by atoms with Gasteiger partial charge in [-0.1, -0.05) is 0 Å². The fraction of sp³-hybridized carbons (Fsp3) is 0. The van der Waals surface area contributed by atoms with Gasteiger partial charge in [0, 0.05) is 0 Å². The number of halogens is 1. The van der Waals surface area contributed by atoms with Crippen LogP contribution in [0.4, 0.5) is 0 Å². The number of rotatable bonds is 0. The zero-order valence-electron chi connectivity index (χ0n) is 2.10. The molecule has 0 N–H and O–H groups in total. The van der Waals surface area contributed by atoms with Crippen LogP contribution in [0.2, 0.25) is 0 Å². The van der Waals surface area contributed by atoms with E-state index in [4.69, 9.17) is 0 Å². The zero-order valence-corrected chi connectivity index (χ0v) is 4.94. The van der Waals surface area contributed by atoms with Crippen LogP contribution in [-0.2, 0) is 50.0 Å². The summed E-state index contributed by atoms with van der Waals surface area (Å²) in [4.78, 5) is 0. The molecule has 0 saturated heterocycles. The molecule has 0 unspecified atom stereocenters. The molecule has 0 spiro atoms. The van der Waals surface area contributed by atoms with E-state index in [1.807, 2.05) is 0 Å². The molecule has 0 aliphatic rings. The van der Waals surface area contributed by atoms with Crippen molar-refractivity contribution < 1.29 is 54.7 Å². The summed E-state index contributed by atoms with van der Waals surface area (Å²) in [5, 5.41) is 0. The molecule has 0 fully saturated rings. The van der Waals surface area contributed by atoms with E-state index in [0.717, 1.165) is 0 Å². The first-order valence-electron chi connectivity index (χ1n) is 0. The fourth-order valence-corrected chi connectivity index (χ4v) is 0. The molecule has 2 nitrogen and oxygen atoms in total. The summed E-state index contributed by atoms with van der Waals surface area (Å²) >= 11 is 0. The molecule has 0 saturated carbocycles. The Morgan fingerprint density at radius 2 is 0.800 bits per heavy atom. The molecule has 5 heteroatoms. The van der Waals surface area contributed by atoms with Crippen LogP contribution >= 0.6 is 0 Å². The summed E-state index contributed by atoms with van der Waals surface area (Å²) in [6, 6.07) is 0. The van der Waals surface area contributed by atoms with Gasteiger partial charge in [0.25, 0.3) is 0 Å². The average Bonchev–Trinajstić information content (AvgIpc) is 0. The third kappa shape index (κ3) is 40.6. The van der Waals surface area contributed by atoms with Gasteiger partial charge >= 0.3 is 39.1 Å². The van der Waals surface area contributed by atoms with Gasteiger partial charge in [0.2, 0.25) is 0 Å². The maximum Gasteiger partial charge on any atom is 4.00 e. The van der Waals surface area contributed by atoms with E-state index in [0.29, 0.717) is 0 Å².